The number of para-hydroxylation sites is 1. The number of rotatable bonds is 4. The van der Waals surface area contributed by atoms with E-state index in [-0.39, 0.29) is 6.03 Å². The number of amides is 2. The van der Waals surface area contributed by atoms with Gasteiger partial charge in [0.2, 0.25) is 0 Å². The minimum Gasteiger partial charge on any atom is -0.338 e. The van der Waals surface area contributed by atoms with Gasteiger partial charge in [-0.25, -0.2) is 4.79 Å². The molecule has 16 heavy (non-hydrogen) atoms. The van der Waals surface area contributed by atoms with Crippen LogP contribution in [-0.4, -0.2) is 12.6 Å². The number of halogens is 1. The second kappa shape index (κ2) is 6.90. The highest BCUT2D eigenvalue weighted by Crippen LogP contribution is 2.19. The summed E-state index contributed by atoms with van der Waals surface area (Å²) in [5.74, 6) is 0. The molecule has 0 saturated carbocycles. The lowest BCUT2D eigenvalue weighted by Gasteiger charge is -2.07. The third kappa shape index (κ3) is 4.36. The molecule has 4 heteroatoms. The first-order valence-corrected chi connectivity index (χ1v) is 5.52. The predicted molar refractivity (Wildman–Crippen MR) is 67.9 cm³/mol. The van der Waals surface area contributed by atoms with Crippen LogP contribution in [0.5, 0.6) is 0 Å². The Kier molecular flexibility index (Phi) is 5.43. The molecule has 0 fully saturated rings. The molecule has 0 atom stereocenters. The minimum atomic E-state index is -0.238. The van der Waals surface area contributed by atoms with Gasteiger partial charge in [-0.05, 0) is 25.5 Å². The summed E-state index contributed by atoms with van der Waals surface area (Å²) in [4.78, 5) is 11.4. The van der Waals surface area contributed by atoms with Crippen LogP contribution < -0.4 is 10.6 Å². The minimum absolute atomic E-state index is 0.238. The number of carbonyl (C=O) groups excluding carboxylic acids is 1. The van der Waals surface area contributed by atoms with Gasteiger partial charge in [-0.2, -0.15) is 0 Å². The standard InChI is InChI=1S/C12H15ClN2O/c1-2-3-6-9-14-12(16)15-11-8-5-4-7-10(11)13/h2-5,7-8H,6,9H2,1H3,(H2,14,15,16)/b3-2+. The summed E-state index contributed by atoms with van der Waals surface area (Å²) < 4.78 is 0. The third-order valence-corrected chi connectivity index (χ3v) is 2.28. The molecular formula is C12H15ClN2O. The molecule has 0 heterocycles. The van der Waals surface area contributed by atoms with Crippen LogP contribution in [0.3, 0.4) is 0 Å². The van der Waals surface area contributed by atoms with Crippen LogP contribution in [0, 0.1) is 0 Å². The van der Waals surface area contributed by atoms with Gasteiger partial charge in [0.1, 0.15) is 0 Å². The molecule has 2 N–H and O–H groups in total. The molecule has 0 aliphatic rings. The Hall–Kier alpha value is -1.48. The van der Waals surface area contributed by atoms with Crippen molar-refractivity contribution in [1.29, 1.82) is 0 Å². The van der Waals surface area contributed by atoms with Gasteiger partial charge in [-0.15, -0.1) is 0 Å². The van der Waals surface area contributed by atoms with Gasteiger partial charge in [0.05, 0.1) is 10.7 Å². The Balaban J connectivity index is 2.37. The van der Waals surface area contributed by atoms with E-state index in [4.69, 9.17) is 11.6 Å². The molecule has 0 aromatic heterocycles. The zero-order valence-electron chi connectivity index (χ0n) is 9.16. The average Bonchev–Trinajstić information content (AvgIpc) is 2.28. The normalized spacial score (nSPS) is 10.4. The Morgan fingerprint density at radius 1 is 1.44 bits per heavy atom. The van der Waals surface area contributed by atoms with Crippen LogP contribution in [0.25, 0.3) is 0 Å². The van der Waals surface area contributed by atoms with E-state index < -0.39 is 0 Å². The highest BCUT2D eigenvalue weighted by atomic mass is 35.5. The van der Waals surface area contributed by atoms with E-state index in [1.165, 1.54) is 0 Å². The van der Waals surface area contributed by atoms with E-state index >= 15 is 0 Å². The maximum absolute atomic E-state index is 11.4. The number of nitrogens with one attached hydrogen (secondary N) is 2. The van der Waals surface area contributed by atoms with Crippen LogP contribution in [0.2, 0.25) is 5.02 Å². The average molecular weight is 239 g/mol. The topological polar surface area (TPSA) is 41.1 Å². The van der Waals surface area contributed by atoms with Crippen molar-refractivity contribution >= 4 is 23.3 Å². The summed E-state index contributed by atoms with van der Waals surface area (Å²) in [5.41, 5.74) is 0.618. The quantitative estimate of drug-likeness (QED) is 0.613. The monoisotopic (exact) mass is 238 g/mol. The molecule has 0 bridgehead atoms. The van der Waals surface area contributed by atoms with Crippen molar-refractivity contribution in [1.82, 2.24) is 5.32 Å². The summed E-state index contributed by atoms with van der Waals surface area (Å²) in [5, 5.41) is 5.95. The summed E-state index contributed by atoms with van der Waals surface area (Å²) >= 11 is 5.90. The molecule has 0 radical (unpaired) electrons. The molecule has 0 unspecified atom stereocenters. The maximum Gasteiger partial charge on any atom is 0.319 e. The van der Waals surface area contributed by atoms with Gasteiger partial charge in [0.25, 0.3) is 0 Å². The van der Waals surface area contributed by atoms with Gasteiger partial charge < -0.3 is 10.6 Å². The van der Waals surface area contributed by atoms with E-state index in [0.29, 0.717) is 17.3 Å². The van der Waals surface area contributed by atoms with E-state index in [9.17, 15) is 4.79 Å². The Bertz CT molecular complexity index is 377. The fourth-order valence-corrected chi connectivity index (χ4v) is 1.35. The molecule has 0 aliphatic carbocycles. The number of urea groups is 1. The zero-order chi connectivity index (χ0) is 11.8. The van der Waals surface area contributed by atoms with Crippen molar-refractivity contribution in [3.05, 3.63) is 41.4 Å². The van der Waals surface area contributed by atoms with Gasteiger partial charge in [-0.3, -0.25) is 0 Å². The number of carbonyl (C=O) groups is 1. The van der Waals surface area contributed by atoms with Crippen molar-refractivity contribution in [2.75, 3.05) is 11.9 Å². The molecule has 1 aromatic rings. The largest absolute Gasteiger partial charge is 0.338 e. The molecule has 1 aromatic carbocycles. The van der Waals surface area contributed by atoms with Crippen LogP contribution in [-0.2, 0) is 0 Å². The Morgan fingerprint density at radius 2 is 2.19 bits per heavy atom. The predicted octanol–water partition coefficient (Wildman–Crippen LogP) is 3.43. The first kappa shape index (κ1) is 12.6. The number of allylic oxidation sites excluding steroid dienone is 1. The highest BCUT2D eigenvalue weighted by Gasteiger charge is 2.02. The van der Waals surface area contributed by atoms with Crippen molar-refractivity contribution in [2.45, 2.75) is 13.3 Å². The van der Waals surface area contributed by atoms with Crippen molar-refractivity contribution < 1.29 is 4.79 Å². The smallest absolute Gasteiger partial charge is 0.319 e. The molecule has 1 rings (SSSR count). The van der Waals surface area contributed by atoms with Crippen LogP contribution in [0.15, 0.2) is 36.4 Å². The lowest BCUT2D eigenvalue weighted by Crippen LogP contribution is -2.29. The number of hydrogen-bond acceptors (Lipinski definition) is 1. The van der Waals surface area contributed by atoms with Crippen LogP contribution in [0.1, 0.15) is 13.3 Å². The first-order chi connectivity index (χ1) is 7.74. The molecule has 0 aliphatic heterocycles. The van der Waals surface area contributed by atoms with Crippen LogP contribution >= 0.6 is 11.6 Å². The lowest BCUT2D eigenvalue weighted by molar-refractivity contribution is 0.252. The van der Waals surface area contributed by atoms with Crippen molar-refractivity contribution in [3.63, 3.8) is 0 Å². The fourth-order valence-electron chi connectivity index (χ4n) is 1.16. The van der Waals surface area contributed by atoms with Gasteiger partial charge in [-0.1, -0.05) is 35.9 Å². The summed E-state index contributed by atoms with van der Waals surface area (Å²) in [6, 6.07) is 6.89. The number of anilines is 1. The fraction of sp³-hybridized carbons (Fsp3) is 0.250. The Morgan fingerprint density at radius 3 is 2.88 bits per heavy atom. The molecule has 0 saturated heterocycles. The first-order valence-electron chi connectivity index (χ1n) is 5.14. The molecule has 3 nitrogen and oxygen atoms in total. The highest BCUT2D eigenvalue weighted by molar-refractivity contribution is 6.33. The number of hydrogen-bond donors (Lipinski definition) is 2. The van der Waals surface area contributed by atoms with Crippen molar-refractivity contribution in [3.8, 4) is 0 Å². The second-order valence-corrected chi connectivity index (χ2v) is 3.63. The number of benzene rings is 1. The van der Waals surface area contributed by atoms with Crippen molar-refractivity contribution in [2.24, 2.45) is 0 Å². The molecule has 86 valence electrons. The van der Waals surface area contributed by atoms with E-state index in [1.54, 1.807) is 12.1 Å². The zero-order valence-corrected chi connectivity index (χ0v) is 9.92. The van der Waals surface area contributed by atoms with E-state index in [1.807, 2.05) is 31.2 Å². The van der Waals surface area contributed by atoms with Crippen LogP contribution in [0.4, 0.5) is 10.5 Å². The maximum atomic E-state index is 11.4. The Labute approximate surface area is 100 Å². The summed E-state index contributed by atoms with van der Waals surface area (Å²) in [6.07, 6.45) is 4.77. The van der Waals surface area contributed by atoms with E-state index in [0.717, 1.165) is 6.42 Å². The SMILES string of the molecule is C/C=C/CCNC(=O)Nc1ccccc1Cl. The summed E-state index contributed by atoms with van der Waals surface area (Å²) in [7, 11) is 0. The third-order valence-electron chi connectivity index (χ3n) is 1.95. The molecule has 2 amide bonds. The molecular weight excluding hydrogens is 224 g/mol. The van der Waals surface area contributed by atoms with Gasteiger partial charge in [0.15, 0.2) is 0 Å². The molecule has 0 spiro atoms. The van der Waals surface area contributed by atoms with Gasteiger partial charge in [0, 0.05) is 6.54 Å². The summed E-state index contributed by atoms with van der Waals surface area (Å²) in [6.45, 7) is 2.56. The lowest BCUT2D eigenvalue weighted by atomic mass is 10.3. The second-order valence-electron chi connectivity index (χ2n) is 3.22. The van der Waals surface area contributed by atoms with E-state index in [2.05, 4.69) is 10.6 Å². The van der Waals surface area contributed by atoms with Gasteiger partial charge >= 0.3 is 6.03 Å².